The number of benzene rings is 1. The molecule has 2 aromatic rings. The summed E-state index contributed by atoms with van der Waals surface area (Å²) in [6.07, 6.45) is 1.16. The monoisotopic (exact) mass is 348 g/mol. The van der Waals surface area contributed by atoms with Crippen molar-refractivity contribution < 1.29 is 4.74 Å². The number of thioether (sulfide) groups is 1. The molecule has 0 aliphatic rings. The molecule has 0 saturated heterocycles. The maximum atomic E-state index is 8.96. The molecule has 1 aromatic heterocycles. The van der Waals surface area contributed by atoms with E-state index in [0.717, 1.165) is 11.0 Å². The van der Waals surface area contributed by atoms with Crippen LogP contribution in [0.5, 0.6) is 0 Å². The second-order valence-corrected chi connectivity index (χ2v) is 7.43. The van der Waals surface area contributed by atoms with Gasteiger partial charge in [-0.05, 0) is 51.5 Å². The number of para-hydroxylation sites is 1. The van der Waals surface area contributed by atoms with Crippen LogP contribution in [0.3, 0.4) is 0 Å². The van der Waals surface area contributed by atoms with E-state index in [1.54, 1.807) is 0 Å². The first-order valence-electron chi connectivity index (χ1n) is 7.52. The molecule has 7 heteroatoms. The van der Waals surface area contributed by atoms with Crippen molar-refractivity contribution in [2.45, 2.75) is 44.4 Å². The highest BCUT2D eigenvalue weighted by Gasteiger charge is 2.35. The van der Waals surface area contributed by atoms with Crippen LogP contribution in [0, 0.1) is 11.3 Å². The molecule has 0 fully saturated rings. The van der Waals surface area contributed by atoms with Crippen molar-refractivity contribution in [1.82, 2.24) is 15.0 Å². The summed E-state index contributed by atoms with van der Waals surface area (Å²) >= 11 is 6.78. The molecular formula is C16H20N4OS2. The fraction of sp³-hybridized carbons (Fsp3) is 0.500. The van der Waals surface area contributed by atoms with Gasteiger partial charge in [0.1, 0.15) is 5.52 Å². The Morgan fingerprint density at radius 1 is 1.48 bits per heavy atom. The van der Waals surface area contributed by atoms with Gasteiger partial charge in [-0.15, -0.1) is 5.10 Å². The molecule has 0 aliphatic heterocycles. The molecular weight excluding hydrogens is 328 g/mol. The molecule has 2 rings (SSSR count). The highest BCUT2D eigenvalue weighted by molar-refractivity contribution is 8.23. The highest BCUT2D eigenvalue weighted by Crippen LogP contribution is 2.35. The van der Waals surface area contributed by atoms with Crippen molar-refractivity contribution in [2.75, 3.05) is 6.61 Å². The molecule has 23 heavy (non-hydrogen) atoms. The molecule has 1 unspecified atom stereocenters. The Bertz CT molecular complexity index is 720. The number of nitrogens with zero attached hydrogens (tertiary/aromatic N) is 4. The van der Waals surface area contributed by atoms with Gasteiger partial charge in [-0.2, -0.15) is 5.26 Å². The van der Waals surface area contributed by atoms with Crippen molar-refractivity contribution in [3.8, 4) is 6.07 Å². The van der Waals surface area contributed by atoms with Crippen LogP contribution in [0.25, 0.3) is 11.0 Å². The van der Waals surface area contributed by atoms with Crippen LogP contribution in [0.1, 0.15) is 33.6 Å². The van der Waals surface area contributed by atoms with E-state index in [1.807, 2.05) is 35.9 Å². The number of rotatable bonds is 6. The molecule has 1 heterocycles. The van der Waals surface area contributed by atoms with E-state index < -0.39 is 0 Å². The van der Waals surface area contributed by atoms with E-state index in [0.29, 0.717) is 23.8 Å². The highest BCUT2D eigenvalue weighted by atomic mass is 32.2. The van der Waals surface area contributed by atoms with Gasteiger partial charge in [-0.25, -0.2) is 4.68 Å². The molecule has 0 aliphatic carbocycles. The Balaban J connectivity index is 2.34. The Kier molecular flexibility index (Phi) is 5.97. The number of ether oxygens (including phenoxy) is 1. The second kappa shape index (κ2) is 7.75. The van der Waals surface area contributed by atoms with Gasteiger partial charge in [-0.3, -0.25) is 0 Å². The first-order valence-corrected chi connectivity index (χ1v) is 8.80. The fourth-order valence-corrected chi connectivity index (χ4v) is 3.96. The number of thiocarbonyl (C=S) groups is 1. The quantitative estimate of drug-likeness (QED) is 0.738. The number of hydrogen-bond donors (Lipinski definition) is 0. The van der Waals surface area contributed by atoms with Crippen molar-refractivity contribution >= 4 is 39.4 Å². The molecule has 5 nitrogen and oxygen atoms in total. The molecule has 0 amide bonds. The maximum Gasteiger partial charge on any atom is 0.220 e. The van der Waals surface area contributed by atoms with Crippen LogP contribution < -0.4 is 0 Å². The van der Waals surface area contributed by atoms with Gasteiger partial charge in [0, 0.05) is 11.7 Å². The van der Waals surface area contributed by atoms with Gasteiger partial charge in [0.15, 0.2) is 0 Å². The molecule has 1 aromatic carbocycles. The van der Waals surface area contributed by atoms with Crippen molar-refractivity contribution in [3.05, 3.63) is 24.3 Å². The van der Waals surface area contributed by atoms with E-state index in [-0.39, 0.29) is 10.8 Å². The lowest BCUT2D eigenvalue weighted by molar-refractivity contribution is 0.302. The summed E-state index contributed by atoms with van der Waals surface area (Å²) in [6.45, 7) is 6.64. The lowest BCUT2D eigenvalue weighted by Crippen LogP contribution is -2.39. The summed E-state index contributed by atoms with van der Waals surface area (Å²) in [6, 6.07) is 10.1. The van der Waals surface area contributed by atoms with Crippen LogP contribution in [0.2, 0.25) is 0 Å². The summed E-state index contributed by atoms with van der Waals surface area (Å²) in [7, 11) is 0. The van der Waals surface area contributed by atoms with Crippen LogP contribution in [-0.2, 0) is 10.3 Å². The van der Waals surface area contributed by atoms with Crippen molar-refractivity contribution in [2.24, 2.45) is 0 Å². The molecule has 0 spiro atoms. The Morgan fingerprint density at radius 2 is 2.22 bits per heavy atom. The van der Waals surface area contributed by atoms with Crippen LogP contribution in [0.15, 0.2) is 24.3 Å². The van der Waals surface area contributed by atoms with E-state index in [1.165, 1.54) is 11.8 Å². The predicted molar refractivity (Wildman–Crippen MR) is 97.3 cm³/mol. The summed E-state index contributed by atoms with van der Waals surface area (Å²) < 4.78 is 7.85. The number of aromatic nitrogens is 3. The summed E-state index contributed by atoms with van der Waals surface area (Å²) in [5.74, 6) is 0. The lowest BCUT2D eigenvalue weighted by atomic mass is 9.96. The predicted octanol–water partition coefficient (Wildman–Crippen LogP) is 3.89. The first kappa shape index (κ1) is 17.7. The third kappa shape index (κ3) is 4.01. The van der Waals surface area contributed by atoms with Gasteiger partial charge in [0.2, 0.25) is 4.38 Å². The fourth-order valence-electron chi connectivity index (χ4n) is 2.45. The van der Waals surface area contributed by atoms with Gasteiger partial charge in [0.25, 0.3) is 0 Å². The average molecular weight is 348 g/mol. The molecule has 0 saturated carbocycles. The van der Waals surface area contributed by atoms with Gasteiger partial charge in [-0.1, -0.05) is 29.1 Å². The zero-order valence-electron chi connectivity index (χ0n) is 13.5. The standard InChI is InChI=1S/C16H20N4OS2/c1-4-21-15(22)23-14(10-7-11-17)16(2,3)20-13-9-6-5-8-12(13)18-19-20/h5-6,8-9,14H,4,7,10H2,1-3H3. The van der Waals surface area contributed by atoms with E-state index in [4.69, 9.17) is 22.2 Å². The molecule has 1 atom stereocenters. The largest absolute Gasteiger partial charge is 0.479 e. The van der Waals surface area contributed by atoms with Crippen molar-refractivity contribution in [3.63, 3.8) is 0 Å². The minimum absolute atomic E-state index is 0.0614. The van der Waals surface area contributed by atoms with E-state index >= 15 is 0 Å². The number of nitriles is 1. The van der Waals surface area contributed by atoms with Crippen molar-refractivity contribution in [1.29, 1.82) is 5.26 Å². The number of fused-ring (bicyclic) bond motifs is 1. The molecule has 0 bridgehead atoms. The molecule has 122 valence electrons. The van der Waals surface area contributed by atoms with E-state index in [9.17, 15) is 0 Å². The Labute approximate surface area is 146 Å². The van der Waals surface area contributed by atoms with Gasteiger partial charge in [0.05, 0.1) is 23.7 Å². The number of hydrogen-bond acceptors (Lipinski definition) is 6. The topological polar surface area (TPSA) is 63.7 Å². The minimum Gasteiger partial charge on any atom is -0.479 e. The zero-order valence-corrected chi connectivity index (χ0v) is 15.2. The zero-order chi connectivity index (χ0) is 16.9. The Hall–Kier alpha value is -1.65. The molecule has 0 radical (unpaired) electrons. The smallest absolute Gasteiger partial charge is 0.220 e. The van der Waals surface area contributed by atoms with Crippen LogP contribution in [0.4, 0.5) is 0 Å². The summed E-state index contributed by atoms with van der Waals surface area (Å²) in [5.41, 5.74) is 1.47. The van der Waals surface area contributed by atoms with Gasteiger partial charge < -0.3 is 4.74 Å². The normalized spacial score (nSPS) is 12.8. The second-order valence-electron chi connectivity index (χ2n) is 5.63. The minimum atomic E-state index is -0.362. The third-order valence-corrected chi connectivity index (χ3v) is 5.52. The third-order valence-electron chi connectivity index (χ3n) is 3.70. The van der Waals surface area contributed by atoms with Gasteiger partial charge >= 0.3 is 0 Å². The maximum absolute atomic E-state index is 8.96. The van der Waals surface area contributed by atoms with Crippen LogP contribution in [-0.4, -0.2) is 31.2 Å². The summed E-state index contributed by atoms with van der Waals surface area (Å²) in [5, 5.41) is 17.6. The first-order chi connectivity index (χ1) is 11.0. The summed E-state index contributed by atoms with van der Waals surface area (Å²) in [4.78, 5) is 0. The SMILES string of the molecule is CCOC(=S)SC(CCC#N)C(C)(C)n1nnc2ccccc21. The molecule has 0 N–H and O–H groups in total. The van der Waals surface area contributed by atoms with E-state index in [2.05, 4.69) is 30.2 Å². The average Bonchev–Trinajstić information content (AvgIpc) is 2.96. The lowest BCUT2D eigenvalue weighted by Gasteiger charge is -2.33. The van der Waals surface area contributed by atoms with Crippen LogP contribution >= 0.6 is 24.0 Å². The Morgan fingerprint density at radius 3 is 2.91 bits per heavy atom.